The van der Waals surface area contributed by atoms with Gasteiger partial charge in [0.15, 0.2) is 15.5 Å². The van der Waals surface area contributed by atoms with Gasteiger partial charge in [-0.05, 0) is 172 Å². The Kier molecular flexibility index (Phi) is 26.5. The van der Waals surface area contributed by atoms with Crippen molar-refractivity contribution in [2.75, 3.05) is 118 Å². The zero-order chi connectivity index (χ0) is 62.5. The number of urea groups is 1. The number of unbranched alkanes of at least 4 members (excludes halogenated alkanes) is 2. The van der Waals surface area contributed by atoms with Gasteiger partial charge in [0.25, 0.3) is 0 Å². The number of fused-ring (bicyclic) bond motifs is 2. The number of hydrogen-bond donors (Lipinski definition) is 4. The van der Waals surface area contributed by atoms with E-state index in [9.17, 15) is 31.7 Å². The van der Waals surface area contributed by atoms with Crippen LogP contribution in [0.15, 0.2) is 70.5 Å². The number of nitrogens with one attached hydrogen (secondary N) is 4. The number of carbonyl (C=O) groups is 2. The average molecular weight is 1290 g/mol. The molecule has 0 aromatic heterocycles. The third-order valence-corrected chi connectivity index (χ3v) is 20.2. The Morgan fingerprint density at radius 2 is 1.20 bits per heavy atom. The van der Waals surface area contributed by atoms with Gasteiger partial charge in [-0.3, -0.25) is 14.6 Å². The van der Waals surface area contributed by atoms with E-state index in [2.05, 4.69) is 41.4 Å². The Bertz CT molecular complexity index is 3100. The van der Waals surface area contributed by atoms with Crippen molar-refractivity contribution in [3.63, 3.8) is 0 Å². The van der Waals surface area contributed by atoms with Crippen LogP contribution in [0.25, 0.3) is 4.85 Å². The van der Waals surface area contributed by atoms with Gasteiger partial charge < -0.3 is 44.4 Å². The third-order valence-electron chi connectivity index (χ3n) is 16.5. The average Bonchev–Trinajstić information content (AvgIpc) is 2.01. The molecule has 4 aromatic carbocycles. The minimum Gasteiger partial charge on any atom is -0.484 e. The normalized spacial score (nSPS) is 18.7. The van der Waals surface area contributed by atoms with E-state index in [1.807, 2.05) is 26.0 Å². The van der Waals surface area contributed by atoms with Crippen molar-refractivity contribution in [3.05, 3.63) is 121 Å². The number of nitriles is 1. The van der Waals surface area contributed by atoms with Crippen LogP contribution in [-0.2, 0) is 56.4 Å². The van der Waals surface area contributed by atoms with Crippen LogP contribution in [0.2, 0.25) is 10.0 Å². The number of ketones is 1. The molecule has 8 rings (SSSR count). The van der Waals surface area contributed by atoms with E-state index < -0.39 is 19.9 Å². The van der Waals surface area contributed by atoms with Crippen molar-refractivity contribution in [3.8, 4) is 17.6 Å². The van der Waals surface area contributed by atoms with Crippen LogP contribution in [0.5, 0.6) is 11.5 Å². The summed E-state index contributed by atoms with van der Waals surface area (Å²) >= 11 is 12.9. The molecule has 4 aromatic rings. The van der Waals surface area contributed by atoms with Crippen molar-refractivity contribution in [1.82, 2.24) is 30.5 Å². The second-order valence-corrected chi connectivity index (χ2v) is 27.5. The monoisotopic (exact) mass is 1290 g/mol. The number of benzene rings is 4. The summed E-state index contributed by atoms with van der Waals surface area (Å²) < 4.78 is 91.4. The van der Waals surface area contributed by atoms with Crippen LogP contribution in [-0.4, -0.2) is 168 Å². The summed E-state index contributed by atoms with van der Waals surface area (Å²) in [5, 5.41) is 19.8. The minimum absolute atomic E-state index is 0.00545. The fourth-order valence-electron chi connectivity index (χ4n) is 11.9. The molecule has 2 aliphatic carbocycles. The van der Waals surface area contributed by atoms with Gasteiger partial charge >= 0.3 is 6.03 Å². The van der Waals surface area contributed by atoms with Gasteiger partial charge in [-0.25, -0.2) is 31.2 Å². The predicted octanol–water partition coefficient (Wildman–Crippen LogP) is 8.93. The molecule has 2 saturated heterocycles. The quantitative estimate of drug-likeness (QED) is 0.0248. The van der Waals surface area contributed by atoms with Crippen LogP contribution in [0.1, 0.15) is 115 Å². The van der Waals surface area contributed by atoms with Gasteiger partial charge in [0, 0.05) is 81.9 Å². The summed E-state index contributed by atoms with van der Waals surface area (Å²) in [5.41, 5.74) is 6.18. The summed E-state index contributed by atoms with van der Waals surface area (Å²) in [6.45, 7) is 19.9. The summed E-state index contributed by atoms with van der Waals surface area (Å²) in [6, 6.07) is 19.0. The number of sulfone groups is 1. The molecule has 2 aliphatic heterocycles. The van der Waals surface area contributed by atoms with Gasteiger partial charge in [0.05, 0.1) is 85.5 Å². The second kappa shape index (κ2) is 34.1. The highest BCUT2D eigenvalue weighted by molar-refractivity contribution is 7.91. The lowest BCUT2D eigenvalue weighted by molar-refractivity contribution is -0.119. The molecule has 0 spiro atoms. The molecule has 0 radical (unpaired) electrons. The number of halogens is 2. The van der Waals surface area contributed by atoms with Crippen LogP contribution in [0, 0.1) is 31.8 Å². The van der Waals surface area contributed by atoms with Crippen LogP contribution in [0.4, 0.5) is 10.5 Å². The van der Waals surface area contributed by atoms with Crippen molar-refractivity contribution in [2.45, 2.75) is 125 Å². The van der Waals surface area contributed by atoms with E-state index >= 15 is 0 Å². The SMILES string of the molecule is [C-]#[N+]c1cc(Cl)cc2c1C[C@H](N1CCCCC1)[C@H]2Oc1ccc(S(=O)(=O)NCCOCCOCCCC(=O)CCCCCNC(=O)NCCOCCOCCCS(=O)(=O)c2ccc(O[C@H]3c4cc(Cl)cc(C#N)c4C[C@@H]3N3CCNCC3)c(C)c2)cc1C. The summed E-state index contributed by atoms with van der Waals surface area (Å²) in [5.74, 6) is 1.23. The molecule has 2 heterocycles. The maximum Gasteiger partial charge on any atom is 0.314 e. The van der Waals surface area contributed by atoms with E-state index in [0.29, 0.717) is 109 Å². The smallest absolute Gasteiger partial charge is 0.314 e. The Balaban J connectivity index is 0.593. The first-order valence-electron chi connectivity index (χ1n) is 30.8. The molecule has 24 heteroatoms. The van der Waals surface area contributed by atoms with E-state index in [1.54, 1.807) is 42.5 Å². The van der Waals surface area contributed by atoms with Crippen LogP contribution < -0.4 is 30.1 Å². The number of Topliss-reactive ketones (excluding diaryl/α,β-unsaturated/α-hetero) is 1. The summed E-state index contributed by atoms with van der Waals surface area (Å²) in [6.07, 6.45) is 8.08. The molecule has 0 unspecified atom stereocenters. The topological polar surface area (TPSA) is 241 Å². The van der Waals surface area contributed by atoms with Crippen LogP contribution >= 0.6 is 23.2 Å². The van der Waals surface area contributed by atoms with E-state index in [1.165, 1.54) is 12.5 Å². The number of carbonyl (C=O) groups excluding carboxylic acids is 2. The highest BCUT2D eigenvalue weighted by atomic mass is 35.5. The maximum absolute atomic E-state index is 13.3. The van der Waals surface area contributed by atoms with Gasteiger partial charge in [0.2, 0.25) is 10.0 Å². The fourth-order valence-corrected chi connectivity index (χ4v) is 14.8. The molecule has 4 N–H and O–H groups in total. The molecule has 4 atom stereocenters. The summed E-state index contributed by atoms with van der Waals surface area (Å²) in [4.78, 5) is 33.5. The molecular weight excluding hydrogens is 1210 g/mol. The van der Waals surface area contributed by atoms with Crippen molar-refractivity contribution in [2.24, 2.45) is 0 Å². The lowest BCUT2D eigenvalue weighted by atomic mass is 10.0. The highest BCUT2D eigenvalue weighted by Crippen LogP contribution is 2.46. The second-order valence-electron chi connectivity index (χ2n) is 22.7. The zero-order valence-corrected chi connectivity index (χ0v) is 53.7. The van der Waals surface area contributed by atoms with Gasteiger partial charge in [-0.1, -0.05) is 36.0 Å². The molecule has 20 nitrogen and oxygen atoms in total. The standard InChI is InChI=1S/C64H84Cl2N8O12S2/c1-45-36-51(14-16-60(45)85-62-55-39-48(65)38-47(44-67)53(55)42-58(62)74-25-19-69-20-26-74)87(77,78)35-11-28-82-32-33-83-29-21-71-64(76)70-18-7-4-6-12-50(75)13-10-27-81-31-34-84-30-22-72-88(79,80)52-15-17-61(46(2)37-52)86-63-56-40-49(66)41-57(68-3)54(56)43-59(63)73-23-8-5-9-24-73/h14-17,36-41,58-59,62-63,69,72H,4-13,18-35,42-43H2,1-2H3,(H2,70,71,76)/t58-,59-,62-,63-/m0/s1. The molecule has 88 heavy (non-hydrogen) atoms. The maximum atomic E-state index is 13.3. The summed E-state index contributed by atoms with van der Waals surface area (Å²) in [7, 11) is -7.41. The molecule has 0 saturated carbocycles. The van der Waals surface area contributed by atoms with Crippen LogP contribution in [0.3, 0.4) is 0 Å². The van der Waals surface area contributed by atoms with Gasteiger partial charge in [-0.15, -0.1) is 0 Å². The number of sulfonamides is 1. The minimum atomic E-state index is -3.82. The highest BCUT2D eigenvalue weighted by Gasteiger charge is 2.42. The lowest BCUT2D eigenvalue weighted by Gasteiger charge is -2.36. The predicted molar refractivity (Wildman–Crippen MR) is 337 cm³/mol. The Morgan fingerprint density at radius 1 is 0.648 bits per heavy atom. The first-order valence-corrected chi connectivity index (χ1v) is 34.7. The van der Waals surface area contributed by atoms with Gasteiger partial charge in [0.1, 0.15) is 29.5 Å². The zero-order valence-electron chi connectivity index (χ0n) is 50.6. The van der Waals surface area contributed by atoms with E-state index in [0.717, 1.165) is 93.6 Å². The number of likely N-dealkylation sites (tertiary alicyclic amines) is 1. The Hall–Kier alpha value is -5.44. The number of piperidine rings is 1. The van der Waals surface area contributed by atoms with E-state index in [4.69, 9.17) is 58.2 Å². The van der Waals surface area contributed by atoms with Crippen molar-refractivity contribution in [1.29, 1.82) is 5.26 Å². The van der Waals surface area contributed by atoms with Crippen molar-refractivity contribution >= 4 is 60.6 Å². The first kappa shape index (κ1) is 68.5. The fraction of sp³-hybridized carbons (Fsp3) is 0.562. The van der Waals surface area contributed by atoms with Gasteiger partial charge in [-0.2, -0.15) is 5.26 Å². The van der Waals surface area contributed by atoms with E-state index in [-0.39, 0.29) is 97.8 Å². The largest absolute Gasteiger partial charge is 0.484 e. The molecule has 4 aliphatic rings. The molecule has 2 amide bonds. The van der Waals surface area contributed by atoms with Crippen molar-refractivity contribution < 1.29 is 54.8 Å². The Labute approximate surface area is 529 Å². The number of rotatable bonds is 35. The molecular formula is C64H84Cl2N8O12S2. The Morgan fingerprint density at radius 3 is 1.85 bits per heavy atom. The number of amides is 2. The number of piperazine rings is 1. The number of ether oxygens (including phenoxy) is 6. The first-order chi connectivity index (χ1) is 42.5. The molecule has 2 fully saturated rings. The number of aryl methyl sites for hydroxylation is 2. The molecule has 478 valence electrons. The third kappa shape index (κ3) is 19.5. The molecule has 0 bridgehead atoms. The lowest BCUT2D eigenvalue weighted by Crippen LogP contribution is -2.50. The number of hydrogen-bond acceptors (Lipinski definition) is 16. The number of nitrogens with zero attached hydrogens (tertiary/aromatic N) is 4.